The fourth-order valence-corrected chi connectivity index (χ4v) is 3.59. The van der Waals surface area contributed by atoms with E-state index >= 15 is 0 Å². The lowest BCUT2D eigenvalue weighted by molar-refractivity contribution is -0.136. The van der Waals surface area contributed by atoms with E-state index in [1.165, 1.54) is 0 Å². The second-order valence-electron chi connectivity index (χ2n) is 2.51. The van der Waals surface area contributed by atoms with Gasteiger partial charge in [0.05, 0.1) is 0 Å². The molecule has 0 spiro atoms. The van der Waals surface area contributed by atoms with E-state index in [1.54, 1.807) is 11.8 Å². The summed E-state index contributed by atoms with van der Waals surface area (Å²) in [7, 11) is 0. The molecule has 2 aliphatic rings. The van der Waals surface area contributed by atoms with E-state index < -0.39 is 0 Å². The molecule has 0 aliphatic carbocycles. The van der Waals surface area contributed by atoms with Crippen molar-refractivity contribution in [3.8, 4) is 0 Å². The third-order valence-electron chi connectivity index (χ3n) is 1.91. The molecule has 2 heterocycles. The number of nitrogens with zero attached hydrogens (tertiary/aromatic N) is 1. The van der Waals surface area contributed by atoms with Gasteiger partial charge in [-0.2, -0.15) is 0 Å². The molecule has 4 heteroatoms. The van der Waals surface area contributed by atoms with Gasteiger partial charge in [-0.3, -0.25) is 4.79 Å². The van der Waals surface area contributed by atoms with Gasteiger partial charge >= 0.3 is 0 Å². The van der Waals surface area contributed by atoms with E-state index in [4.69, 9.17) is 0 Å². The maximum Gasteiger partial charge on any atom is 0.243 e. The molecular weight excluding hydrogens is 178 g/mol. The van der Waals surface area contributed by atoms with Gasteiger partial charge < -0.3 is 4.90 Å². The average Bonchev–Trinajstić information content (AvgIpc) is 2.05. The fourth-order valence-electron chi connectivity index (χ4n) is 1.31. The zero-order chi connectivity index (χ0) is 7.84. The van der Waals surface area contributed by atoms with E-state index in [-0.39, 0.29) is 11.2 Å². The highest BCUT2D eigenvalue weighted by atomic mass is 32.2. The Morgan fingerprint density at radius 2 is 2.64 bits per heavy atom. The smallest absolute Gasteiger partial charge is 0.243 e. The molecule has 1 amide bonds. The fraction of sp³-hybridized carbons (Fsp3) is 0.571. The molecule has 2 nitrogen and oxygen atoms in total. The standard InChI is InChI=1S/C7H9NOS2/c1-10-5-6(9)8-3-2-4-11-7(5)8/h2-3,5,7H,4H2,1H3. The molecule has 2 atom stereocenters. The van der Waals surface area contributed by atoms with Crippen LogP contribution in [0.3, 0.4) is 0 Å². The van der Waals surface area contributed by atoms with Crippen molar-refractivity contribution in [2.24, 2.45) is 0 Å². The summed E-state index contributed by atoms with van der Waals surface area (Å²) in [4.78, 5) is 13.1. The molecular formula is C7H9NOS2. The van der Waals surface area contributed by atoms with E-state index in [2.05, 4.69) is 0 Å². The SMILES string of the molecule is CSC1C(=O)N2C=CCSC12. The monoisotopic (exact) mass is 187 g/mol. The molecule has 11 heavy (non-hydrogen) atoms. The quantitative estimate of drug-likeness (QED) is 0.574. The molecule has 2 rings (SSSR count). The number of hydrogen-bond acceptors (Lipinski definition) is 3. The summed E-state index contributed by atoms with van der Waals surface area (Å²) in [6.07, 6.45) is 5.95. The topological polar surface area (TPSA) is 20.3 Å². The summed E-state index contributed by atoms with van der Waals surface area (Å²) in [5.41, 5.74) is 0. The molecule has 1 saturated heterocycles. The third kappa shape index (κ3) is 0.999. The number of carbonyl (C=O) groups is 1. The second-order valence-corrected chi connectivity index (χ2v) is 4.64. The molecule has 0 aromatic carbocycles. The number of fused-ring (bicyclic) bond motifs is 1. The first-order valence-electron chi connectivity index (χ1n) is 3.48. The van der Waals surface area contributed by atoms with Crippen LogP contribution in [0.5, 0.6) is 0 Å². The highest BCUT2D eigenvalue weighted by Crippen LogP contribution is 2.39. The number of thioether (sulfide) groups is 2. The minimum atomic E-state index is 0.213. The molecule has 0 aromatic heterocycles. The van der Waals surface area contributed by atoms with Gasteiger partial charge in [0.25, 0.3) is 0 Å². The maximum atomic E-state index is 11.3. The highest BCUT2D eigenvalue weighted by Gasteiger charge is 2.46. The maximum absolute atomic E-state index is 11.3. The minimum Gasteiger partial charge on any atom is -0.304 e. The zero-order valence-electron chi connectivity index (χ0n) is 6.19. The third-order valence-corrected chi connectivity index (χ3v) is 4.28. The summed E-state index contributed by atoms with van der Waals surface area (Å²) >= 11 is 3.51. The van der Waals surface area contributed by atoms with E-state index in [9.17, 15) is 4.79 Å². The van der Waals surface area contributed by atoms with E-state index in [1.807, 2.05) is 35.2 Å². The lowest BCUT2D eigenvalue weighted by atomic mass is 10.2. The molecule has 0 bridgehead atoms. The number of hydrogen-bond donors (Lipinski definition) is 0. The Bertz CT molecular complexity index is 216. The predicted molar refractivity (Wildman–Crippen MR) is 49.5 cm³/mol. The molecule has 0 radical (unpaired) electrons. The van der Waals surface area contributed by atoms with E-state index in [0.29, 0.717) is 5.37 Å². The van der Waals surface area contributed by atoms with Gasteiger partial charge in [0.1, 0.15) is 10.6 Å². The van der Waals surface area contributed by atoms with Crippen LogP contribution in [-0.4, -0.2) is 33.4 Å². The summed E-state index contributed by atoms with van der Waals surface area (Å²) in [6, 6.07) is 0. The number of β-lactam (4-membered cyclic amide) rings is 1. The summed E-state index contributed by atoms with van der Waals surface area (Å²) < 4.78 is 0. The van der Waals surface area contributed by atoms with Crippen molar-refractivity contribution in [1.82, 2.24) is 4.90 Å². The van der Waals surface area contributed by atoms with Crippen LogP contribution in [0, 0.1) is 0 Å². The van der Waals surface area contributed by atoms with Gasteiger partial charge in [0.15, 0.2) is 0 Å². The van der Waals surface area contributed by atoms with Gasteiger partial charge in [0, 0.05) is 12.0 Å². The van der Waals surface area contributed by atoms with E-state index in [0.717, 1.165) is 5.75 Å². The summed E-state index contributed by atoms with van der Waals surface area (Å²) in [6.45, 7) is 0. The van der Waals surface area contributed by atoms with Crippen molar-refractivity contribution < 1.29 is 4.79 Å². The molecule has 1 fully saturated rings. The predicted octanol–water partition coefficient (Wildman–Crippen LogP) is 1.15. The first kappa shape index (κ1) is 7.55. The van der Waals surface area contributed by atoms with Crippen molar-refractivity contribution in [1.29, 1.82) is 0 Å². The number of amides is 1. The van der Waals surface area contributed by atoms with Gasteiger partial charge in [-0.05, 0) is 6.26 Å². The van der Waals surface area contributed by atoms with Crippen LogP contribution in [0.1, 0.15) is 0 Å². The lowest BCUT2D eigenvalue weighted by Crippen LogP contribution is -2.59. The van der Waals surface area contributed by atoms with Crippen LogP contribution in [-0.2, 0) is 4.79 Å². The van der Waals surface area contributed by atoms with Gasteiger partial charge in [-0.25, -0.2) is 0 Å². The Hall–Kier alpha value is -0.0900. The molecule has 0 aromatic rings. The van der Waals surface area contributed by atoms with Crippen molar-refractivity contribution in [3.63, 3.8) is 0 Å². The minimum absolute atomic E-state index is 0.213. The largest absolute Gasteiger partial charge is 0.304 e. The summed E-state index contributed by atoms with van der Waals surface area (Å²) in [5, 5.41) is 0.632. The van der Waals surface area contributed by atoms with Gasteiger partial charge in [-0.1, -0.05) is 6.08 Å². The van der Waals surface area contributed by atoms with Crippen molar-refractivity contribution in [2.75, 3.05) is 12.0 Å². The van der Waals surface area contributed by atoms with Gasteiger partial charge in [-0.15, -0.1) is 23.5 Å². The second kappa shape index (κ2) is 2.75. The molecule has 0 saturated carbocycles. The summed E-state index contributed by atoms with van der Waals surface area (Å²) in [5.74, 6) is 1.32. The molecule has 0 N–H and O–H groups in total. The van der Waals surface area contributed by atoms with Crippen LogP contribution in [0.2, 0.25) is 0 Å². The van der Waals surface area contributed by atoms with Crippen LogP contribution in [0.15, 0.2) is 12.3 Å². The van der Waals surface area contributed by atoms with Gasteiger partial charge in [0.2, 0.25) is 5.91 Å². The van der Waals surface area contributed by atoms with Crippen LogP contribution >= 0.6 is 23.5 Å². The molecule has 2 aliphatic heterocycles. The molecule has 60 valence electrons. The first-order valence-corrected chi connectivity index (χ1v) is 5.81. The zero-order valence-corrected chi connectivity index (χ0v) is 7.82. The Morgan fingerprint density at radius 1 is 1.82 bits per heavy atom. The average molecular weight is 187 g/mol. The van der Waals surface area contributed by atoms with Crippen LogP contribution in [0.4, 0.5) is 0 Å². The van der Waals surface area contributed by atoms with Crippen molar-refractivity contribution in [2.45, 2.75) is 10.6 Å². The Morgan fingerprint density at radius 3 is 3.36 bits per heavy atom. The normalized spacial score (nSPS) is 35.0. The Kier molecular flexibility index (Phi) is 1.89. The van der Waals surface area contributed by atoms with Crippen LogP contribution in [0.25, 0.3) is 0 Å². The Balaban J connectivity index is 2.12. The Labute approximate surface area is 74.4 Å². The van der Waals surface area contributed by atoms with Crippen molar-refractivity contribution in [3.05, 3.63) is 12.3 Å². The lowest BCUT2D eigenvalue weighted by Gasteiger charge is -2.45. The number of carbonyl (C=O) groups excluding carboxylic acids is 1. The highest BCUT2D eigenvalue weighted by molar-refractivity contribution is 8.04. The first-order chi connectivity index (χ1) is 5.34. The number of rotatable bonds is 1. The molecule has 2 unspecified atom stereocenters. The van der Waals surface area contributed by atoms with Crippen LogP contribution < -0.4 is 0 Å². The van der Waals surface area contributed by atoms with Crippen molar-refractivity contribution >= 4 is 29.4 Å².